The quantitative estimate of drug-likeness (QED) is 0.730. The number of likely N-dealkylation sites (N-methyl/N-ethyl adjacent to an activating group) is 1. The number of amides is 1. The van der Waals surface area contributed by atoms with Gasteiger partial charge >= 0.3 is 0 Å². The number of ketones is 1. The van der Waals surface area contributed by atoms with Crippen LogP contribution in [0.5, 0.6) is 0 Å². The number of anilines is 1. The van der Waals surface area contributed by atoms with E-state index in [1.54, 1.807) is 24.1 Å². The fourth-order valence-electron chi connectivity index (χ4n) is 3.34. The maximum Gasteiger partial charge on any atom is 0.238 e. The highest BCUT2D eigenvalue weighted by Crippen LogP contribution is 2.51. The van der Waals surface area contributed by atoms with Crippen molar-refractivity contribution in [3.63, 3.8) is 0 Å². The van der Waals surface area contributed by atoms with Crippen LogP contribution in [0.15, 0.2) is 29.8 Å². The van der Waals surface area contributed by atoms with Crippen LogP contribution in [0.2, 0.25) is 5.02 Å². The molecular weight excluding hydrogens is 262 g/mol. The number of halogens is 1. The number of allylic oxidation sites excluding steroid dienone is 2. The number of carbonyl (C=O) groups excluding carboxylic acids is 2. The van der Waals surface area contributed by atoms with Crippen LogP contribution in [-0.2, 0) is 15.0 Å². The van der Waals surface area contributed by atoms with Crippen LogP contribution in [0, 0.1) is 0 Å². The first-order chi connectivity index (χ1) is 8.95. The summed E-state index contributed by atoms with van der Waals surface area (Å²) in [7, 11) is 1.74. The Balaban J connectivity index is 2.27. The third-order valence-electron chi connectivity index (χ3n) is 4.01. The maximum atomic E-state index is 12.7. The summed E-state index contributed by atoms with van der Waals surface area (Å²) < 4.78 is 0. The monoisotopic (exact) mass is 275 g/mol. The van der Waals surface area contributed by atoms with Gasteiger partial charge in [0.15, 0.2) is 5.78 Å². The van der Waals surface area contributed by atoms with Crippen molar-refractivity contribution < 1.29 is 9.59 Å². The highest BCUT2D eigenvalue weighted by atomic mass is 35.5. The van der Waals surface area contributed by atoms with Crippen molar-refractivity contribution >= 4 is 29.0 Å². The molecule has 0 saturated carbocycles. The van der Waals surface area contributed by atoms with Crippen molar-refractivity contribution in [2.75, 3.05) is 11.9 Å². The summed E-state index contributed by atoms with van der Waals surface area (Å²) in [6.07, 6.45) is 2.41. The van der Waals surface area contributed by atoms with Crippen LogP contribution in [0.3, 0.4) is 0 Å². The Morgan fingerprint density at radius 3 is 2.68 bits per heavy atom. The third-order valence-corrected chi connectivity index (χ3v) is 4.32. The minimum absolute atomic E-state index is 0.00160. The number of hydrogen-bond donors (Lipinski definition) is 0. The van der Waals surface area contributed by atoms with E-state index in [2.05, 4.69) is 0 Å². The topological polar surface area (TPSA) is 37.4 Å². The number of nitrogens with zero attached hydrogens (tertiary/aromatic N) is 1. The van der Waals surface area contributed by atoms with E-state index in [0.717, 1.165) is 16.8 Å². The molecule has 98 valence electrons. The lowest BCUT2D eigenvalue weighted by Crippen LogP contribution is -2.42. The van der Waals surface area contributed by atoms with E-state index in [1.807, 2.05) is 19.1 Å². The van der Waals surface area contributed by atoms with Gasteiger partial charge in [0.25, 0.3) is 0 Å². The number of benzene rings is 1. The van der Waals surface area contributed by atoms with Gasteiger partial charge in [-0.05, 0) is 31.6 Å². The molecule has 0 unspecified atom stereocenters. The molecule has 1 spiro atoms. The molecule has 0 aromatic heterocycles. The van der Waals surface area contributed by atoms with Crippen LogP contribution in [0.25, 0.3) is 0 Å². The second kappa shape index (κ2) is 3.94. The number of hydrogen-bond acceptors (Lipinski definition) is 2. The Morgan fingerprint density at radius 2 is 2.00 bits per heavy atom. The molecule has 1 aliphatic heterocycles. The molecule has 1 atom stereocenters. The number of carbonyl (C=O) groups is 2. The molecule has 0 bridgehead atoms. The van der Waals surface area contributed by atoms with Gasteiger partial charge in [0.2, 0.25) is 5.91 Å². The van der Waals surface area contributed by atoms with E-state index in [4.69, 9.17) is 11.6 Å². The Bertz CT molecular complexity index is 635. The molecule has 4 heteroatoms. The largest absolute Gasteiger partial charge is 0.314 e. The van der Waals surface area contributed by atoms with Crippen molar-refractivity contribution in [2.45, 2.75) is 25.2 Å². The maximum absolute atomic E-state index is 12.7. The minimum atomic E-state index is -0.793. The van der Waals surface area contributed by atoms with Gasteiger partial charge in [-0.15, -0.1) is 0 Å². The van der Waals surface area contributed by atoms with E-state index in [0.29, 0.717) is 11.4 Å². The summed E-state index contributed by atoms with van der Waals surface area (Å²) in [5.74, 6) is -0.0327. The summed E-state index contributed by atoms with van der Waals surface area (Å²) >= 11 is 6.31. The lowest BCUT2D eigenvalue weighted by Gasteiger charge is -2.31. The number of rotatable bonds is 0. The normalized spacial score (nSPS) is 25.8. The fraction of sp³-hybridized carbons (Fsp3) is 0.333. The highest BCUT2D eigenvalue weighted by Gasteiger charge is 2.52. The fourth-order valence-corrected chi connectivity index (χ4v) is 3.69. The van der Waals surface area contributed by atoms with E-state index >= 15 is 0 Å². The van der Waals surface area contributed by atoms with E-state index in [-0.39, 0.29) is 18.1 Å². The summed E-state index contributed by atoms with van der Waals surface area (Å²) in [4.78, 5) is 26.2. The SMILES string of the molecule is CC1=CC(=O)C[C@]2(C1)C(=O)N(C)c1cccc(Cl)c12. The average molecular weight is 276 g/mol. The zero-order valence-corrected chi connectivity index (χ0v) is 11.6. The van der Waals surface area contributed by atoms with E-state index < -0.39 is 5.41 Å². The molecule has 2 aliphatic rings. The van der Waals surface area contributed by atoms with Crippen LogP contribution >= 0.6 is 11.6 Å². The molecule has 1 aromatic carbocycles. The molecule has 0 fully saturated rings. The van der Waals surface area contributed by atoms with Crippen molar-refractivity contribution in [3.8, 4) is 0 Å². The van der Waals surface area contributed by atoms with Gasteiger partial charge < -0.3 is 4.90 Å². The van der Waals surface area contributed by atoms with Gasteiger partial charge in [0, 0.05) is 29.7 Å². The first-order valence-corrected chi connectivity index (χ1v) is 6.61. The Labute approximate surface area is 116 Å². The van der Waals surface area contributed by atoms with Gasteiger partial charge in [0.1, 0.15) is 0 Å². The first-order valence-electron chi connectivity index (χ1n) is 6.23. The Kier molecular flexibility index (Phi) is 2.58. The first kappa shape index (κ1) is 12.4. The lowest BCUT2D eigenvalue weighted by molar-refractivity contribution is -0.127. The van der Waals surface area contributed by atoms with Crippen LogP contribution in [-0.4, -0.2) is 18.7 Å². The standard InChI is InChI=1S/C15H14ClNO2/c1-9-6-10(18)8-15(7-9)13-11(16)4-3-5-12(13)17(2)14(15)19/h3-6H,7-8H2,1-2H3/t15-/m0/s1. The molecule has 0 N–H and O–H groups in total. The zero-order chi connectivity index (χ0) is 13.8. The minimum Gasteiger partial charge on any atom is -0.314 e. The summed E-state index contributed by atoms with van der Waals surface area (Å²) in [6, 6.07) is 5.50. The smallest absolute Gasteiger partial charge is 0.238 e. The third kappa shape index (κ3) is 1.58. The van der Waals surface area contributed by atoms with Gasteiger partial charge in [-0.3, -0.25) is 9.59 Å². The molecule has 1 aromatic rings. The number of fused-ring (bicyclic) bond motifs is 2. The molecule has 0 saturated heterocycles. The van der Waals surface area contributed by atoms with Crippen LogP contribution < -0.4 is 4.90 Å². The molecule has 1 heterocycles. The Morgan fingerprint density at radius 1 is 1.26 bits per heavy atom. The summed E-state index contributed by atoms with van der Waals surface area (Å²) in [5.41, 5.74) is 1.77. The van der Waals surface area contributed by atoms with Crippen molar-refractivity contribution in [3.05, 3.63) is 40.4 Å². The van der Waals surface area contributed by atoms with E-state index in [9.17, 15) is 9.59 Å². The molecule has 1 amide bonds. The highest BCUT2D eigenvalue weighted by molar-refractivity contribution is 6.33. The van der Waals surface area contributed by atoms with Crippen LogP contribution in [0.4, 0.5) is 5.69 Å². The molecule has 3 nitrogen and oxygen atoms in total. The molecular formula is C15H14ClNO2. The average Bonchev–Trinajstić information content (AvgIpc) is 2.52. The van der Waals surface area contributed by atoms with Crippen LogP contribution in [0.1, 0.15) is 25.3 Å². The zero-order valence-electron chi connectivity index (χ0n) is 10.9. The molecule has 1 aliphatic carbocycles. The molecule has 19 heavy (non-hydrogen) atoms. The molecule has 0 radical (unpaired) electrons. The van der Waals surface area contributed by atoms with Gasteiger partial charge in [-0.2, -0.15) is 0 Å². The second-order valence-electron chi connectivity index (χ2n) is 5.39. The summed E-state index contributed by atoms with van der Waals surface area (Å²) in [6.45, 7) is 1.89. The van der Waals surface area contributed by atoms with Crippen molar-refractivity contribution in [2.24, 2.45) is 0 Å². The lowest BCUT2D eigenvalue weighted by atomic mass is 9.70. The van der Waals surface area contributed by atoms with Gasteiger partial charge in [0.05, 0.1) is 5.41 Å². The molecule has 3 rings (SSSR count). The van der Waals surface area contributed by atoms with Crippen molar-refractivity contribution in [1.29, 1.82) is 0 Å². The Hall–Kier alpha value is -1.61. The predicted molar refractivity (Wildman–Crippen MR) is 74.5 cm³/mol. The predicted octanol–water partition coefficient (Wildman–Crippen LogP) is 2.86. The van der Waals surface area contributed by atoms with Gasteiger partial charge in [-0.25, -0.2) is 0 Å². The second-order valence-corrected chi connectivity index (χ2v) is 5.80. The van der Waals surface area contributed by atoms with Gasteiger partial charge in [-0.1, -0.05) is 23.2 Å². The van der Waals surface area contributed by atoms with Crippen molar-refractivity contribution in [1.82, 2.24) is 0 Å². The van der Waals surface area contributed by atoms with E-state index in [1.165, 1.54) is 0 Å². The summed E-state index contributed by atoms with van der Waals surface area (Å²) in [5, 5.41) is 0.567.